The van der Waals surface area contributed by atoms with E-state index in [0.717, 1.165) is 0 Å². The molecule has 0 radical (unpaired) electrons. The third kappa shape index (κ3) is 3.55. The fraction of sp³-hybridized carbons (Fsp3) is 0.571. The Bertz CT molecular complexity index is 330. The Kier molecular flexibility index (Phi) is 4.63. The molecule has 0 spiro atoms. The molecule has 1 unspecified atom stereocenters. The first kappa shape index (κ1) is 13.2. The Morgan fingerprint density at radius 3 is 2.71 bits per heavy atom. The lowest BCUT2D eigenvalue weighted by Crippen LogP contribution is -2.51. The lowest BCUT2D eigenvalue weighted by Gasteiger charge is -2.20. The van der Waals surface area contributed by atoms with Crippen LogP contribution in [0.15, 0.2) is 5.10 Å². The van der Waals surface area contributed by atoms with Gasteiger partial charge in [-0.15, -0.1) is 0 Å². The number of nitrogens with two attached hydrogens (primary N) is 3. The van der Waals surface area contributed by atoms with Gasteiger partial charge in [0.25, 0.3) is 5.91 Å². The van der Waals surface area contributed by atoms with Crippen LogP contribution < -0.4 is 33.6 Å². The zero-order chi connectivity index (χ0) is 12.8. The van der Waals surface area contributed by atoms with Gasteiger partial charge in [-0.25, -0.2) is 15.6 Å². The molecule has 0 aromatic heterocycles. The Labute approximate surface area is 97.5 Å². The number of amidine groups is 1. The number of nitrogens with one attached hydrogen (secondary N) is 3. The quantitative estimate of drug-likeness (QED) is 0.0976. The summed E-state index contributed by atoms with van der Waals surface area (Å²) in [6.45, 7) is 0.374. The zero-order valence-corrected chi connectivity index (χ0v) is 9.14. The maximum atomic E-state index is 11.2. The van der Waals surface area contributed by atoms with Crippen LogP contribution in [0, 0.1) is 0 Å². The summed E-state index contributed by atoms with van der Waals surface area (Å²) in [5.41, 5.74) is 2.33. The number of hydrogen-bond acceptors (Lipinski definition) is 7. The topological polar surface area (TPSA) is 164 Å². The van der Waals surface area contributed by atoms with Gasteiger partial charge in [-0.2, -0.15) is 5.10 Å². The SMILES string of the molecule is N/N=C(/CCCN(N)C1NC(=O)NC1=O)NN. The van der Waals surface area contributed by atoms with Crippen LogP contribution in [0.2, 0.25) is 0 Å². The first-order valence-electron chi connectivity index (χ1n) is 4.94. The minimum Gasteiger partial charge on any atom is -0.322 e. The number of amides is 3. The molecule has 1 heterocycles. The van der Waals surface area contributed by atoms with Gasteiger partial charge in [0.1, 0.15) is 5.84 Å². The minimum absolute atomic E-state index is 0.374. The lowest BCUT2D eigenvalue weighted by atomic mass is 10.3. The van der Waals surface area contributed by atoms with E-state index in [1.54, 1.807) is 0 Å². The molecule has 17 heavy (non-hydrogen) atoms. The lowest BCUT2D eigenvalue weighted by molar-refractivity contribution is -0.124. The number of rotatable bonds is 5. The molecule has 10 heteroatoms. The van der Waals surface area contributed by atoms with Crippen LogP contribution in [-0.2, 0) is 4.79 Å². The Balaban J connectivity index is 2.32. The maximum absolute atomic E-state index is 11.2. The van der Waals surface area contributed by atoms with Crippen LogP contribution in [0.1, 0.15) is 12.8 Å². The number of carbonyl (C=O) groups is 2. The molecule has 1 aliphatic rings. The molecule has 0 saturated carbocycles. The largest absolute Gasteiger partial charge is 0.323 e. The second kappa shape index (κ2) is 5.98. The summed E-state index contributed by atoms with van der Waals surface area (Å²) < 4.78 is 0. The van der Waals surface area contributed by atoms with Gasteiger partial charge in [0, 0.05) is 13.0 Å². The van der Waals surface area contributed by atoms with E-state index in [1.165, 1.54) is 5.01 Å². The number of imide groups is 1. The van der Waals surface area contributed by atoms with E-state index in [4.69, 9.17) is 17.5 Å². The Hall–Kier alpha value is -1.91. The van der Waals surface area contributed by atoms with E-state index in [9.17, 15) is 9.59 Å². The van der Waals surface area contributed by atoms with Crippen molar-refractivity contribution >= 4 is 17.8 Å². The van der Waals surface area contributed by atoms with Crippen molar-refractivity contribution in [1.82, 2.24) is 21.1 Å². The van der Waals surface area contributed by atoms with Crippen molar-refractivity contribution in [1.29, 1.82) is 0 Å². The van der Waals surface area contributed by atoms with Gasteiger partial charge in [-0.1, -0.05) is 0 Å². The van der Waals surface area contributed by atoms with E-state index in [0.29, 0.717) is 25.2 Å². The van der Waals surface area contributed by atoms with Crippen molar-refractivity contribution in [2.24, 2.45) is 22.6 Å². The first-order valence-corrected chi connectivity index (χ1v) is 4.94. The van der Waals surface area contributed by atoms with E-state index in [-0.39, 0.29) is 0 Å². The molecule has 0 aromatic rings. The monoisotopic (exact) mass is 244 g/mol. The van der Waals surface area contributed by atoms with Gasteiger partial charge in [0.15, 0.2) is 6.17 Å². The van der Waals surface area contributed by atoms with Crippen molar-refractivity contribution in [3.63, 3.8) is 0 Å². The standard InChI is InChI=1S/C7H16N8O2/c8-13-4(14-9)2-1-3-15(10)5-6(16)12-7(17)11-5/h5H,1-3,8-10H2,(H,13,14)(H2,11,12,16,17). The van der Waals surface area contributed by atoms with Crippen molar-refractivity contribution in [2.45, 2.75) is 19.0 Å². The number of carbonyl (C=O) groups excluding carboxylic acids is 2. The summed E-state index contributed by atoms with van der Waals surface area (Å²) in [7, 11) is 0. The predicted molar refractivity (Wildman–Crippen MR) is 59.5 cm³/mol. The van der Waals surface area contributed by atoms with Crippen LogP contribution in [-0.4, -0.2) is 35.5 Å². The van der Waals surface area contributed by atoms with Gasteiger partial charge in [-0.05, 0) is 6.42 Å². The Morgan fingerprint density at radius 1 is 1.53 bits per heavy atom. The third-order valence-corrected chi connectivity index (χ3v) is 2.24. The first-order chi connectivity index (χ1) is 8.08. The summed E-state index contributed by atoms with van der Waals surface area (Å²) >= 11 is 0. The molecule has 1 rings (SSSR count). The summed E-state index contributed by atoms with van der Waals surface area (Å²) in [5.74, 6) is 15.8. The van der Waals surface area contributed by atoms with Gasteiger partial charge < -0.3 is 16.6 Å². The molecule has 1 fully saturated rings. The smallest absolute Gasteiger partial charge is 0.322 e. The molecule has 9 N–H and O–H groups in total. The number of hydrogen-bond donors (Lipinski definition) is 6. The molecule has 0 aromatic carbocycles. The van der Waals surface area contributed by atoms with E-state index in [1.807, 2.05) is 0 Å². The molecule has 3 amide bonds. The van der Waals surface area contributed by atoms with E-state index >= 15 is 0 Å². The second-order valence-corrected chi connectivity index (χ2v) is 3.43. The van der Waals surface area contributed by atoms with Gasteiger partial charge >= 0.3 is 6.03 Å². The molecule has 1 aliphatic heterocycles. The van der Waals surface area contributed by atoms with Gasteiger partial charge in [0.2, 0.25) is 0 Å². The predicted octanol–water partition coefficient (Wildman–Crippen LogP) is -3.16. The second-order valence-electron chi connectivity index (χ2n) is 3.43. The average Bonchev–Trinajstić information content (AvgIpc) is 2.64. The highest BCUT2D eigenvalue weighted by Gasteiger charge is 2.32. The average molecular weight is 244 g/mol. The summed E-state index contributed by atoms with van der Waals surface area (Å²) in [4.78, 5) is 22.1. The molecule has 1 atom stereocenters. The highest BCUT2D eigenvalue weighted by atomic mass is 16.2. The summed E-state index contributed by atoms with van der Waals surface area (Å²) in [6.07, 6.45) is 0.228. The van der Waals surface area contributed by atoms with E-state index < -0.39 is 18.1 Å². The van der Waals surface area contributed by atoms with E-state index in [2.05, 4.69) is 21.2 Å². The maximum Gasteiger partial charge on any atom is 0.323 e. The van der Waals surface area contributed by atoms with Gasteiger partial charge in [-0.3, -0.25) is 16.0 Å². The fourth-order valence-electron chi connectivity index (χ4n) is 1.37. The number of hydrazone groups is 1. The van der Waals surface area contributed by atoms with Crippen molar-refractivity contribution in [2.75, 3.05) is 6.54 Å². The third-order valence-electron chi connectivity index (χ3n) is 2.24. The minimum atomic E-state index is -0.841. The summed E-state index contributed by atoms with van der Waals surface area (Å²) in [6, 6.07) is -0.553. The Morgan fingerprint density at radius 2 is 2.24 bits per heavy atom. The van der Waals surface area contributed by atoms with Crippen molar-refractivity contribution in [3.8, 4) is 0 Å². The zero-order valence-electron chi connectivity index (χ0n) is 9.14. The normalized spacial score (nSPS) is 20.4. The summed E-state index contributed by atoms with van der Waals surface area (Å²) in [5, 5.41) is 9.09. The van der Waals surface area contributed by atoms with Crippen molar-refractivity contribution in [3.05, 3.63) is 0 Å². The van der Waals surface area contributed by atoms with Crippen LogP contribution in [0.3, 0.4) is 0 Å². The number of hydrazine groups is 2. The molecule has 1 saturated heterocycles. The highest BCUT2D eigenvalue weighted by molar-refractivity contribution is 6.03. The van der Waals surface area contributed by atoms with Gasteiger partial charge in [0.05, 0.1) is 0 Å². The van der Waals surface area contributed by atoms with Crippen LogP contribution in [0.25, 0.3) is 0 Å². The fourth-order valence-corrected chi connectivity index (χ4v) is 1.37. The van der Waals surface area contributed by atoms with Crippen molar-refractivity contribution < 1.29 is 9.59 Å². The molecule has 0 bridgehead atoms. The molecule has 10 nitrogen and oxygen atoms in total. The van der Waals surface area contributed by atoms with Crippen LogP contribution in [0.5, 0.6) is 0 Å². The highest BCUT2D eigenvalue weighted by Crippen LogP contribution is 1.99. The number of urea groups is 1. The molecule has 96 valence electrons. The molecular formula is C7H16N8O2. The van der Waals surface area contributed by atoms with Crippen LogP contribution in [0.4, 0.5) is 4.79 Å². The van der Waals surface area contributed by atoms with Crippen LogP contribution >= 0.6 is 0 Å². The molecular weight excluding hydrogens is 228 g/mol. The molecule has 0 aliphatic carbocycles. The number of nitrogens with zero attached hydrogens (tertiary/aromatic N) is 2.